The molecule has 0 aliphatic heterocycles. The highest BCUT2D eigenvalue weighted by Crippen LogP contribution is 2.39. The molecule has 3 N–H and O–H groups in total. The van der Waals surface area contributed by atoms with E-state index in [1.165, 1.54) is 0 Å². The first-order valence-corrected chi connectivity index (χ1v) is 5.99. The van der Waals surface area contributed by atoms with Crippen LogP contribution < -0.4 is 5.73 Å². The van der Waals surface area contributed by atoms with Crippen molar-refractivity contribution in [2.24, 2.45) is 11.8 Å². The van der Waals surface area contributed by atoms with Gasteiger partial charge in [-0.15, -0.1) is 10.2 Å². The monoisotopic (exact) mass is 245 g/mol. The fraction of sp³-hybridized carbons (Fsp3) is 0.417. The molecule has 0 amide bonds. The molecule has 0 saturated heterocycles. The second-order valence-electron chi connectivity index (χ2n) is 4.69. The van der Waals surface area contributed by atoms with Crippen molar-refractivity contribution in [3.63, 3.8) is 0 Å². The van der Waals surface area contributed by atoms with Gasteiger partial charge in [-0.2, -0.15) is 0 Å². The van der Waals surface area contributed by atoms with E-state index in [1.807, 2.05) is 16.7 Å². The lowest BCUT2D eigenvalue weighted by molar-refractivity contribution is 0.266. The Morgan fingerprint density at radius 3 is 3.00 bits per heavy atom. The van der Waals surface area contributed by atoms with Crippen molar-refractivity contribution in [2.75, 3.05) is 12.3 Å². The van der Waals surface area contributed by atoms with Gasteiger partial charge >= 0.3 is 0 Å². The molecule has 2 aromatic rings. The van der Waals surface area contributed by atoms with Gasteiger partial charge in [0.1, 0.15) is 17.8 Å². The van der Waals surface area contributed by atoms with Gasteiger partial charge in [-0.05, 0) is 30.4 Å². The zero-order chi connectivity index (χ0) is 12.5. The van der Waals surface area contributed by atoms with E-state index in [0.29, 0.717) is 17.7 Å². The van der Waals surface area contributed by atoms with Gasteiger partial charge in [0, 0.05) is 13.2 Å². The predicted molar refractivity (Wildman–Crippen MR) is 66.3 cm³/mol. The Morgan fingerprint density at radius 2 is 2.28 bits per heavy atom. The second kappa shape index (κ2) is 4.38. The van der Waals surface area contributed by atoms with Crippen LogP contribution in [-0.4, -0.2) is 31.5 Å². The number of pyridine rings is 1. The van der Waals surface area contributed by atoms with Gasteiger partial charge in [-0.1, -0.05) is 6.07 Å². The van der Waals surface area contributed by atoms with Crippen LogP contribution >= 0.6 is 0 Å². The molecule has 2 heterocycles. The van der Waals surface area contributed by atoms with E-state index >= 15 is 0 Å². The maximum Gasteiger partial charge on any atom is 0.182 e. The van der Waals surface area contributed by atoms with Crippen molar-refractivity contribution in [1.82, 2.24) is 19.7 Å². The van der Waals surface area contributed by atoms with Crippen LogP contribution in [0.1, 0.15) is 6.42 Å². The highest BCUT2D eigenvalue weighted by molar-refractivity contribution is 5.52. The number of anilines is 1. The topological polar surface area (TPSA) is 89.8 Å². The quantitative estimate of drug-likeness (QED) is 0.821. The number of nitrogens with zero attached hydrogens (tertiary/aromatic N) is 4. The molecule has 3 rings (SSSR count). The first kappa shape index (κ1) is 11.2. The zero-order valence-corrected chi connectivity index (χ0v) is 9.90. The molecule has 1 saturated carbocycles. The van der Waals surface area contributed by atoms with E-state index in [0.717, 1.165) is 24.5 Å². The van der Waals surface area contributed by atoms with Crippen LogP contribution in [0.3, 0.4) is 0 Å². The summed E-state index contributed by atoms with van der Waals surface area (Å²) in [4.78, 5) is 4.25. The molecular formula is C12H15N5O. The molecule has 2 unspecified atom stereocenters. The molecule has 0 spiro atoms. The standard InChI is InChI=1S/C12H15N5O/c13-11-3-1-2-10(15-11)12-16-14-7-17(12)5-8-4-9(8)6-18/h1-3,7-9,18H,4-6H2,(H2,13,15). The van der Waals surface area contributed by atoms with E-state index in [-0.39, 0.29) is 6.61 Å². The number of rotatable bonds is 4. The van der Waals surface area contributed by atoms with Crippen molar-refractivity contribution >= 4 is 5.82 Å². The van der Waals surface area contributed by atoms with Crippen LogP contribution in [-0.2, 0) is 6.54 Å². The Balaban J connectivity index is 1.83. The minimum Gasteiger partial charge on any atom is -0.396 e. The average Bonchev–Trinajstić information content (AvgIpc) is 2.95. The summed E-state index contributed by atoms with van der Waals surface area (Å²) in [5, 5.41) is 17.1. The molecule has 6 nitrogen and oxygen atoms in total. The van der Waals surface area contributed by atoms with Crippen molar-refractivity contribution < 1.29 is 5.11 Å². The number of hydrogen-bond acceptors (Lipinski definition) is 5. The largest absolute Gasteiger partial charge is 0.396 e. The van der Waals surface area contributed by atoms with Gasteiger partial charge in [0.05, 0.1) is 0 Å². The first-order valence-electron chi connectivity index (χ1n) is 5.99. The average molecular weight is 245 g/mol. The molecule has 1 aliphatic carbocycles. The SMILES string of the molecule is Nc1cccc(-c2nncn2CC2CC2CO)n1. The Bertz CT molecular complexity index is 553. The van der Waals surface area contributed by atoms with Crippen LogP contribution in [0.25, 0.3) is 11.5 Å². The van der Waals surface area contributed by atoms with Gasteiger partial charge in [0.15, 0.2) is 5.82 Å². The Morgan fingerprint density at radius 1 is 1.39 bits per heavy atom. The molecule has 2 aromatic heterocycles. The van der Waals surface area contributed by atoms with Crippen molar-refractivity contribution in [2.45, 2.75) is 13.0 Å². The van der Waals surface area contributed by atoms with Crippen molar-refractivity contribution in [3.8, 4) is 11.5 Å². The number of aliphatic hydroxyl groups excluding tert-OH is 1. The van der Waals surface area contributed by atoms with Gasteiger partial charge < -0.3 is 15.4 Å². The van der Waals surface area contributed by atoms with E-state index in [1.54, 1.807) is 12.4 Å². The Kier molecular flexibility index (Phi) is 2.71. The van der Waals surface area contributed by atoms with Crippen LogP contribution in [0.15, 0.2) is 24.5 Å². The predicted octanol–water partition coefficient (Wildman–Crippen LogP) is 0.551. The summed E-state index contributed by atoms with van der Waals surface area (Å²) in [6.07, 6.45) is 2.77. The second-order valence-corrected chi connectivity index (χ2v) is 4.69. The maximum atomic E-state index is 9.06. The lowest BCUT2D eigenvalue weighted by atomic mass is 10.3. The number of nitrogen functional groups attached to an aromatic ring is 1. The van der Waals surface area contributed by atoms with E-state index in [2.05, 4.69) is 15.2 Å². The third-order valence-electron chi connectivity index (χ3n) is 3.35. The molecule has 0 aromatic carbocycles. The van der Waals surface area contributed by atoms with Gasteiger partial charge in [-0.25, -0.2) is 4.98 Å². The minimum atomic E-state index is 0.263. The van der Waals surface area contributed by atoms with Crippen LogP contribution in [0.2, 0.25) is 0 Å². The van der Waals surface area contributed by atoms with Crippen LogP contribution in [0.5, 0.6) is 0 Å². The van der Waals surface area contributed by atoms with Gasteiger partial charge in [0.2, 0.25) is 0 Å². The van der Waals surface area contributed by atoms with E-state index in [9.17, 15) is 0 Å². The third kappa shape index (κ3) is 2.06. The summed E-state index contributed by atoms with van der Waals surface area (Å²) in [6, 6.07) is 5.46. The molecule has 0 radical (unpaired) electrons. The summed E-state index contributed by atoms with van der Waals surface area (Å²) >= 11 is 0. The van der Waals surface area contributed by atoms with E-state index < -0.39 is 0 Å². The highest BCUT2D eigenvalue weighted by atomic mass is 16.3. The van der Waals surface area contributed by atoms with Crippen molar-refractivity contribution in [3.05, 3.63) is 24.5 Å². The fourth-order valence-corrected chi connectivity index (χ4v) is 2.17. The summed E-state index contributed by atoms with van der Waals surface area (Å²) in [6.45, 7) is 1.09. The smallest absolute Gasteiger partial charge is 0.182 e. The summed E-state index contributed by atoms with van der Waals surface area (Å²) in [5.74, 6) is 2.15. The summed E-state index contributed by atoms with van der Waals surface area (Å²) < 4.78 is 1.97. The van der Waals surface area contributed by atoms with Gasteiger partial charge in [-0.3, -0.25) is 0 Å². The minimum absolute atomic E-state index is 0.263. The number of hydrogen-bond donors (Lipinski definition) is 2. The molecule has 1 aliphatic rings. The van der Waals surface area contributed by atoms with Crippen LogP contribution in [0.4, 0.5) is 5.82 Å². The van der Waals surface area contributed by atoms with Crippen molar-refractivity contribution in [1.29, 1.82) is 0 Å². The molecule has 94 valence electrons. The fourth-order valence-electron chi connectivity index (χ4n) is 2.17. The first-order chi connectivity index (χ1) is 8.78. The number of aliphatic hydroxyl groups is 1. The Hall–Kier alpha value is -1.95. The maximum absolute atomic E-state index is 9.06. The van der Waals surface area contributed by atoms with Crippen LogP contribution in [0, 0.1) is 11.8 Å². The molecule has 2 atom stereocenters. The molecule has 6 heteroatoms. The number of nitrogens with two attached hydrogens (primary N) is 1. The summed E-state index contributed by atoms with van der Waals surface area (Å²) in [7, 11) is 0. The molecule has 18 heavy (non-hydrogen) atoms. The lowest BCUT2D eigenvalue weighted by Gasteiger charge is -2.05. The summed E-state index contributed by atoms with van der Waals surface area (Å²) in [5.41, 5.74) is 6.40. The third-order valence-corrected chi connectivity index (χ3v) is 3.35. The molecule has 1 fully saturated rings. The van der Waals surface area contributed by atoms with E-state index in [4.69, 9.17) is 10.8 Å². The highest BCUT2D eigenvalue weighted by Gasteiger charge is 2.36. The lowest BCUT2D eigenvalue weighted by Crippen LogP contribution is -2.05. The number of aromatic nitrogens is 4. The Labute approximate surface area is 104 Å². The zero-order valence-electron chi connectivity index (χ0n) is 9.90. The molecular weight excluding hydrogens is 230 g/mol. The molecule has 0 bridgehead atoms. The van der Waals surface area contributed by atoms with Gasteiger partial charge in [0.25, 0.3) is 0 Å². The normalized spacial score (nSPS) is 22.1.